The van der Waals surface area contributed by atoms with E-state index in [1.54, 1.807) is 6.92 Å². The largest absolute Gasteiger partial charge is 0.411 e. The van der Waals surface area contributed by atoms with Gasteiger partial charge in [0.05, 0.1) is 6.61 Å². The van der Waals surface area contributed by atoms with Crippen LogP contribution in [0.1, 0.15) is 26.2 Å². The molecule has 0 bridgehead atoms. The Morgan fingerprint density at radius 3 is 2.55 bits per heavy atom. The van der Waals surface area contributed by atoms with E-state index in [9.17, 15) is 18.0 Å². The van der Waals surface area contributed by atoms with Gasteiger partial charge in [-0.15, -0.1) is 12.4 Å². The highest BCUT2D eigenvalue weighted by Crippen LogP contribution is 2.16. The van der Waals surface area contributed by atoms with Gasteiger partial charge in [-0.2, -0.15) is 13.2 Å². The third kappa shape index (κ3) is 9.39. The topological polar surface area (TPSA) is 50.4 Å². The summed E-state index contributed by atoms with van der Waals surface area (Å²) in [6, 6.07) is -0.406. The first-order chi connectivity index (χ1) is 8.87. The first-order valence-electron chi connectivity index (χ1n) is 6.51. The maximum absolute atomic E-state index is 11.9. The highest BCUT2D eigenvalue weighted by atomic mass is 35.5. The zero-order valence-corrected chi connectivity index (χ0v) is 12.3. The SMILES string of the molecule is CC(COCC(F)(F)F)NC(=O)CC1CCNCC1.Cl. The number of rotatable bonds is 6. The minimum Gasteiger partial charge on any atom is -0.370 e. The molecule has 0 aromatic rings. The summed E-state index contributed by atoms with van der Waals surface area (Å²) in [5.41, 5.74) is 0. The molecule has 0 aliphatic carbocycles. The number of alkyl halides is 3. The van der Waals surface area contributed by atoms with Gasteiger partial charge in [0.2, 0.25) is 5.91 Å². The number of carbonyl (C=O) groups excluding carboxylic acids is 1. The fraction of sp³-hybridized carbons (Fsp3) is 0.917. The number of amides is 1. The summed E-state index contributed by atoms with van der Waals surface area (Å²) in [6.45, 7) is 2.07. The van der Waals surface area contributed by atoms with Crippen molar-refractivity contribution in [3.8, 4) is 0 Å². The van der Waals surface area contributed by atoms with Crippen molar-refractivity contribution in [2.75, 3.05) is 26.3 Å². The van der Waals surface area contributed by atoms with E-state index in [0.717, 1.165) is 25.9 Å². The van der Waals surface area contributed by atoms with E-state index in [1.165, 1.54) is 0 Å². The van der Waals surface area contributed by atoms with E-state index in [4.69, 9.17) is 0 Å². The van der Waals surface area contributed by atoms with Crippen LogP contribution in [-0.2, 0) is 9.53 Å². The van der Waals surface area contributed by atoms with Crippen LogP contribution >= 0.6 is 12.4 Å². The Bertz CT molecular complexity index is 284. The lowest BCUT2D eigenvalue weighted by atomic mass is 9.94. The first kappa shape index (κ1) is 19.5. The Hall–Kier alpha value is -0.530. The molecule has 0 radical (unpaired) electrons. The molecule has 1 heterocycles. The van der Waals surface area contributed by atoms with Crippen LogP contribution in [-0.4, -0.2) is 44.4 Å². The van der Waals surface area contributed by atoms with Crippen LogP contribution in [0, 0.1) is 5.92 Å². The highest BCUT2D eigenvalue weighted by molar-refractivity contribution is 5.85. The molecule has 2 N–H and O–H groups in total. The molecule has 1 saturated heterocycles. The summed E-state index contributed by atoms with van der Waals surface area (Å²) in [5.74, 6) is 0.250. The Balaban J connectivity index is 0.00000361. The molecule has 1 aliphatic heterocycles. The van der Waals surface area contributed by atoms with E-state index in [-0.39, 0.29) is 24.9 Å². The minimum absolute atomic E-state index is 0. The maximum atomic E-state index is 11.9. The first-order valence-corrected chi connectivity index (χ1v) is 6.51. The van der Waals surface area contributed by atoms with Crippen LogP contribution in [0.2, 0.25) is 0 Å². The second-order valence-electron chi connectivity index (χ2n) is 5.00. The van der Waals surface area contributed by atoms with E-state index in [1.807, 2.05) is 0 Å². The number of halogens is 4. The van der Waals surface area contributed by atoms with Gasteiger partial charge >= 0.3 is 6.18 Å². The third-order valence-electron chi connectivity index (χ3n) is 2.97. The number of ether oxygens (including phenoxy) is 1. The lowest BCUT2D eigenvalue weighted by Crippen LogP contribution is -2.39. The Labute approximate surface area is 123 Å². The Kier molecular flexibility index (Phi) is 9.16. The van der Waals surface area contributed by atoms with Crippen molar-refractivity contribution in [3.05, 3.63) is 0 Å². The van der Waals surface area contributed by atoms with Gasteiger partial charge in [0.25, 0.3) is 0 Å². The molecule has 0 saturated carbocycles. The molecule has 1 fully saturated rings. The molecule has 120 valence electrons. The van der Waals surface area contributed by atoms with Gasteiger partial charge in [-0.25, -0.2) is 0 Å². The molecule has 1 amide bonds. The van der Waals surface area contributed by atoms with E-state index in [0.29, 0.717) is 12.3 Å². The van der Waals surface area contributed by atoms with Crippen molar-refractivity contribution in [3.63, 3.8) is 0 Å². The molecule has 8 heteroatoms. The van der Waals surface area contributed by atoms with Crippen LogP contribution in [0.5, 0.6) is 0 Å². The van der Waals surface area contributed by atoms with E-state index in [2.05, 4.69) is 15.4 Å². The molecule has 4 nitrogen and oxygen atoms in total. The lowest BCUT2D eigenvalue weighted by Gasteiger charge is -2.23. The van der Waals surface area contributed by atoms with Crippen molar-refractivity contribution in [2.45, 2.75) is 38.4 Å². The van der Waals surface area contributed by atoms with Crippen LogP contribution in [0.3, 0.4) is 0 Å². The molecule has 0 aromatic carbocycles. The monoisotopic (exact) mass is 318 g/mol. The Morgan fingerprint density at radius 1 is 1.40 bits per heavy atom. The zero-order valence-electron chi connectivity index (χ0n) is 11.5. The molecular formula is C12H22ClF3N2O2. The van der Waals surface area contributed by atoms with E-state index >= 15 is 0 Å². The standard InChI is InChI=1S/C12H21F3N2O2.ClH/c1-9(7-19-8-12(13,14)15)17-11(18)6-10-2-4-16-5-3-10;/h9-10,16H,2-8H2,1H3,(H,17,18);1H. The lowest BCUT2D eigenvalue weighted by molar-refractivity contribution is -0.175. The van der Waals surface area contributed by atoms with Crippen LogP contribution in [0.15, 0.2) is 0 Å². The number of hydrogen-bond donors (Lipinski definition) is 2. The van der Waals surface area contributed by atoms with Crippen LogP contribution in [0.4, 0.5) is 13.2 Å². The normalized spacial score (nSPS) is 18.2. The molecule has 1 aliphatic rings. The van der Waals surface area contributed by atoms with E-state index < -0.39 is 18.8 Å². The smallest absolute Gasteiger partial charge is 0.370 e. The summed E-state index contributed by atoms with van der Waals surface area (Å²) in [7, 11) is 0. The summed E-state index contributed by atoms with van der Waals surface area (Å²) in [5, 5.41) is 5.87. The number of piperidine rings is 1. The van der Waals surface area contributed by atoms with Gasteiger partial charge in [0.15, 0.2) is 0 Å². The van der Waals surface area contributed by atoms with Crippen molar-refractivity contribution in [2.24, 2.45) is 5.92 Å². The van der Waals surface area contributed by atoms with Gasteiger partial charge in [-0.3, -0.25) is 4.79 Å². The fourth-order valence-electron chi connectivity index (χ4n) is 2.07. The highest BCUT2D eigenvalue weighted by Gasteiger charge is 2.27. The molecule has 20 heavy (non-hydrogen) atoms. The third-order valence-corrected chi connectivity index (χ3v) is 2.97. The summed E-state index contributed by atoms with van der Waals surface area (Å²) >= 11 is 0. The number of hydrogen-bond acceptors (Lipinski definition) is 3. The van der Waals surface area contributed by atoms with Gasteiger partial charge in [0.1, 0.15) is 6.61 Å². The van der Waals surface area contributed by atoms with Crippen molar-refractivity contribution < 1.29 is 22.7 Å². The van der Waals surface area contributed by atoms with Crippen molar-refractivity contribution in [1.82, 2.24) is 10.6 Å². The number of nitrogens with one attached hydrogen (secondary N) is 2. The molecular weight excluding hydrogens is 297 g/mol. The summed E-state index contributed by atoms with van der Waals surface area (Å²) in [6.07, 6.45) is -1.96. The molecule has 1 atom stereocenters. The molecule has 1 rings (SSSR count). The second-order valence-corrected chi connectivity index (χ2v) is 5.00. The average molecular weight is 319 g/mol. The maximum Gasteiger partial charge on any atom is 0.411 e. The second kappa shape index (κ2) is 9.41. The zero-order chi connectivity index (χ0) is 14.3. The predicted octanol–water partition coefficient (Wildman–Crippen LogP) is 1.88. The molecule has 0 aromatic heterocycles. The van der Waals surface area contributed by atoms with Crippen LogP contribution in [0.25, 0.3) is 0 Å². The fourth-order valence-corrected chi connectivity index (χ4v) is 2.07. The van der Waals surface area contributed by atoms with Crippen molar-refractivity contribution >= 4 is 18.3 Å². The minimum atomic E-state index is -4.32. The molecule has 0 spiro atoms. The van der Waals surface area contributed by atoms with Crippen LogP contribution < -0.4 is 10.6 Å². The predicted molar refractivity (Wildman–Crippen MR) is 71.9 cm³/mol. The summed E-state index contributed by atoms with van der Waals surface area (Å²) < 4.78 is 40.1. The molecule has 1 unspecified atom stereocenters. The van der Waals surface area contributed by atoms with Gasteiger partial charge < -0.3 is 15.4 Å². The average Bonchev–Trinajstić information content (AvgIpc) is 2.28. The van der Waals surface area contributed by atoms with Gasteiger partial charge in [0, 0.05) is 12.5 Å². The van der Waals surface area contributed by atoms with Crippen molar-refractivity contribution in [1.29, 1.82) is 0 Å². The Morgan fingerprint density at radius 2 is 2.00 bits per heavy atom. The van der Waals surface area contributed by atoms with Gasteiger partial charge in [-0.1, -0.05) is 0 Å². The summed E-state index contributed by atoms with van der Waals surface area (Å²) in [4.78, 5) is 11.7. The number of carbonyl (C=O) groups is 1. The quantitative estimate of drug-likeness (QED) is 0.786. The van der Waals surface area contributed by atoms with Gasteiger partial charge in [-0.05, 0) is 38.8 Å².